The highest BCUT2D eigenvalue weighted by molar-refractivity contribution is 7.12. The number of amides is 1. The largest absolute Gasteiger partial charge is 0.376 e. The second kappa shape index (κ2) is 6.20. The molecule has 2 heterocycles. The number of thiophene rings is 1. The molecular formula is C16H17NO2S. The summed E-state index contributed by atoms with van der Waals surface area (Å²) in [4.78, 5) is 15.3. The smallest absolute Gasteiger partial charge is 0.268 e. The van der Waals surface area contributed by atoms with E-state index in [9.17, 15) is 4.79 Å². The Hall–Kier alpha value is -1.65. The van der Waals surface area contributed by atoms with Crippen LogP contribution in [0.5, 0.6) is 0 Å². The Kier molecular flexibility index (Phi) is 4.14. The lowest BCUT2D eigenvalue weighted by atomic mass is 10.2. The van der Waals surface area contributed by atoms with E-state index in [1.807, 2.05) is 52.7 Å². The number of hydrogen-bond donors (Lipinski definition) is 0. The highest BCUT2D eigenvalue weighted by atomic mass is 32.1. The Labute approximate surface area is 122 Å². The first-order chi connectivity index (χ1) is 9.84. The van der Waals surface area contributed by atoms with Gasteiger partial charge in [-0.3, -0.25) is 4.79 Å². The standard InChI is InChI=1S/C16H17NO2S/c18-16(15-9-5-11-20-15)17(12-14-8-4-10-19-14)13-6-2-1-3-7-13/h1-3,5-7,9,11,14H,4,8,10,12H2. The van der Waals surface area contributed by atoms with Crippen LogP contribution < -0.4 is 4.90 Å². The summed E-state index contributed by atoms with van der Waals surface area (Å²) in [5.74, 6) is 0.0571. The van der Waals surface area contributed by atoms with E-state index >= 15 is 0 Å². The Bertz CT molecular complexity index is 547. The zero-order chi connectivity index (χ0) is 13.8. The van der Waals surface area contributed by atoms with Gasteiger partial charge in [-0.2, -0.15) is 0 Å². The van der Waals surface area contributed by atoms with Crippen LogP contribution in [0.15, 0.2) is 47.8 Å². The van der Waals surface area contributed by atoms with Crippen LogP contribution in [0.2, 0.25) is 0 Å². The highest BCUT2D eigenvalue weighted by Crippen LogP contribution is 2.22. The quantitative estimate of drug-likeness (QED) is 0.860. The fourth-order valence-electron chi connectivity index (χ4n) is 2.44. The molecule has 0 spiro atoms. The monoisotopic (exact) mass is 287 g/mol. The third-order valence-corrected chi connectivity index (χ3v) is 4.31. The Morgan fingerprint density at radius 3 is 2.75 bits per heavy atom. The number of nitrogens with zero attached hydrogens (tertiary/aromatic N) is 1. The number of carbonyl (C=O) groups is 1. The number of rotatable bonds is 4. The number of anilines is 1. The molecule has 0 radical (unpaired) electrons. The lowest BCUT2D eigenvalue weighted by Crippen LogP contribution is -2.37. The van der Waals surface area contributed by atoms with Crippen molar-refractivity contribution in [3.8, 4) is 0 Å². The van der Waals surface area contributed by atoms with Crippen LogP contribution in [0.1, 0.15) is 22.5 Å². The van der Waals surface area contributed by atoms with Gasteiger partial charge in [-0.15, -0.1) is 11.3 Å². The van der Waals surface area contributed by atoms with E-state index in [-0.39, 0.29) is 12.0 Å². The van der Waals surface area contributed by atoms with Crippen molar-refractivity contribution < 1.29 is 9.53 Å². The highest BCUT2D eigenvalue weighted by Gasteiger charge is 2.24. The molecule has 3 rings (SSSR count). The number of carbonyl (C=O) groups excluding carboxylic acids is 1. The number of hydrogen-bond acceptors (Lipinski definition) is 3. The van der Waals surface area contributed by atoms with E-state index in [1.165, 1.54) is 11.3 Å². The van der Waals surface area contributed by atoms with Gasteiger partial charge in [0, 0.05) is 12.3 Å². The van der Waals surface area contributed by atoms with Gasteiger partial charge in [0.2, 0.25) is 0 Å². The molecule has 1 fully saturated rings. The number of para-hydroxylation sites is 1. The fourth-order valence-corrected chi connectivity index (χ4v) is 3.11. The minimum Gasteiger partial charge on any atom is -0.376 e. The Balaban J connectivity index is 1.84. The van der Waals surface area contributed by atoms with Crippen LogP contribution in [0.4, 0.5) is 5.69 Å². The maximum Gasteiger partial charge on any atom is 0.268 e. The molecule has 1 saturated heterocycles. The van der Waals surface area contributed by atoms with Crippen molar-refractivity contribution in [3.05, 3.63) is 52.7 Å². The average Bonchev–Trinajstić information content (AvgIpc) is 3.18. The molecule has 1 aliphatic rings. The SMILES string of the molecule is O=C(c1cccs1)N(CC1CCCO1)c1ccccc1. The van der Waals surface area contributed by atoms with Gasteiger partial charge >= 0.3 is 0 Å². The lowest BCUT2D eigenvalue weighted by Gasteiger charge is -2.25. The van der Waals surface area contributed by atoms with Crippen LogP contribution >= 0.6 is 11.3 Å². The molecule has 0 aliphatic carbocycles. The first-order valence-electron chi connectivity index (χ1n) is 6.86. The molecule has 0 saturated carbocycles. The van der Waals surface area contributed by atoms with Crippen LogP contribution in [0.3, 0.4) is 0 Å². The number of ether oxygens (including phenoxy) is 1. The van der Waals surface area contributed by atoms with Crippen LogP contribution in [-0.2, 0) is 4.74 Å². The molecule has 1 atom stereocenters. The van der Waals surface area contributed by atoms with E-state index in [1.54, 1.807) is 0 Å². The van der Waals surface area contributed by atoms with Gasteiger partial charge in [-0.05, 0) is 36.4 Å². The van der Waals surface area contributed by atoms with Crippen LogP contribution in [-0.4, -0.2) is 25.2 Å². The van der Waals surface area contributed by atoms with Crippen LogP contribution in [0, 0.1) is 0 Å². The van der Waals surface area contributed by atoms with Gasteiger partial charge in [0.15, 0.2) is 0 Å². The summed E-state index contributed by atoms with van der Waals surface area (Å²) in [5.41, 5.74) is 0.932. The second-order valence-corrected chi connectivity index (χ2v) is 5.81. The van der Waals surface area contributed by atoms with Crippen molar-refractivity contribution in [2.75, 3.05) is 18.1 Å². The molecule has 1 aromatic carbocycles. The van der Waals surface area contributed by atoms with Crippen LogP contribution in [0.25, 0.3) is 0 Å². The minimum absolute atomic E-state index is 0.0571. The molecule has 1 amide bonds. The molecule has 1 aliphatic heterocycles. The summed E-state index contributed by atoms with van der Waals surface area (Å²) >= 11 is 1.48. The molecule has 0 N–H and O–H groups in total. The molecule has 1 unspecified atom stereocenters. The van der Waals surface area contributed by atoms with Gasteiger partial charge in [-0.25, -0.2) is 0 Å². The predicted octanol–water partition coefficient (Wildman–Crippen LogP) is 3.57. The van der Waals surface area contributed by atoms with Gasteiger partial charge in [0.05, 0.1) is 17.5 Å². The van der Waals surface area contributed by atoms with Gasteiger partial charge < -0.3 is 9.64 Å². The molecule has 4 heteroatoms. The molecule has 3 nitrogen and oxygen atoms in total. The third-order valence-electron chi connectivity index (χ3n) is 3.46. The maximum absolute atomic E-state index is 12.7. The molecule has 104 valence electrons. The molecule has 20 heavy (non-hydrogen) atoms. The second-order valence-electron chi connectivity index (χ2n) is 4.86. The fraction of sp³-hybridized carbons (Fsp3) is 0.312. The topological polar surface area (TPSA) is 29.5 Å². The summed E-state index contributed by atoms with van der Waals surface area (Å²) < 4.78 is 5.68. The summed E-state index contributed by atoms with van der Waals surface area (Å²) in [6.07, 6.45) is 2.26. The van der Waals surface area contributed by atoms with Crippen molar-refractivity contribution in [2.24, 2.45) is 0 Å². The predicted molar refractivity (Wildman–Crippen MR) is 81.4 cm³/mol. The summed E-state index contributed by atoms with van der Waals surface area (Å²) in [7, 11) is 0. The summed E-state index contributed by atoms with van der Waals surface area (Å²) in [6, 6.07) is 13.6. The maximum atomic E-state index is 12.7. The minimum atomic E-state index is 0.0571. The van der Waals surface area contributed by atoms with Gasteiger partial charge in [0.25, 0.3) is 5.91 Å². The van der Waals surface area contributed by atoms with Crippen molar-refractivity contribution in [1.29, 1.82) is 0 Å². The van der Waals surface area contributed by atoms with E-state index in [2.05, 4.69) is 0 Å². The van der Waals surface area contributed by atoms with Gasteiger partial charge in [-0.1, -0.05) is 24.3 Å². The van der Waals surface area contributed by atoms with E-state index in [0.29, 0.717) is 6.54 Å². The Morgan fingerprint density at radius 1 is 1.25 bits per heavy atom. The molecule has 2 aromatic rings. The molecule has 0 bridgehead atoms. The lowest BCUT2D eigenvalue weighted by molar-refractivity contribution is 0.0920. The van der Waals surface area contributed by atoms with Crippen molar-refractivity contribution in [3.63, 3.8) is 0 Å². The van der Waals surface area contributed by atoms with Crippen molar-refractivity contribution in [1.82, 2.24) is 0 Å². The van der Waals surface area contributed by atoms with Crippen molar-refractivity contribution in [2.45, 2.75) is 18.9 Å². The third kappa shape index (κ3) is 2.92. The summed E-state index contributed by atoms with van der Waals surface area (Å²) in [5, 5.41) is 1.93. The Morgan fingerprint density at radius 2 is 2.10 bits per heavy atom. The zero-order valence-electron chi connectivity index (χ0n) is 11.2. The summed E-state index contributed by atoms with van der Waals surface area (Å²) in [6.45, 7) is 1.43. The molecular weight excluding hydrogens is 270 g/mol. The van der Waals surface area contributed by atoms with Crippen molar-refractivity contribution >= 4 is 22.9 Å². The zero-order valence-corrected chi connectivity index (χ0v) is 12.0. The molecule has 1 aromatic heterocycles. The number of benzene rings is 1. The van der Waals surface area contributed by atoms with E-state index in [0.717, 1.165) is 30.0 Å². The van der Waals surface area contributed by atoms with E-state index < -0.39 is 0 Å². The van der Waals surface area contributed by atoms with Gasteiger partial charge in [0.1, 0.15) is 0 Å². The normalized spacial score (nSPS) is 18.1. The first kappa shape index (κ1) is 13.3. The van der Waals surface area contributed by atoms with E-state index in [4.69, 9.17) is 4.74 Å². The average molecular weight is 287 g/mol. The first-order valence-corrected chi connectivity index (χ1v) is 7.74.